The summed E-state index contributed by atoms with van der Waals surface area (Å²) in [6, 6.07) is 0. The monoisotopic (exact) mass is 224 g/mol. The molecule has 0 fully saturated rings. The van der Waals surface area contributed by atoms with Crippen molar-refractivity contribution in [2.75, 3.05) is 19.7 Å². The molecule has 0 amide bonds. The second kappa shape index (κ2) is 5.07. The Morgan fingerprint density at radius 1 is 1.62 bits per heavy atom. The van der Waals surface area contributed by atoms with Gasteiger partial charge in [0.2, 0.25) is 0 Å². The van der Waals surface area contributed by atoms with E-state index in [-0.39, 0.29) is 31.2 Å². The summed E-state index contributed by atoms with van der Waals surface area (Å²) >= 11 is 0. The molecular weight excluding hydrogens is 210 g/mol. The van der Waals surface area contributed by atoms with Gasteiger partial charge in [-0.1, -0.05) is 12.2 Å². The molecule has 16 heavy (non-hydrogen) atoms. The number of hydrogen-bond acceptors (Lipinski definition) is 5. The van der Waals surface area contributed by atoms with Gasteiger partial charge < -0.3 is 20.2 Å². The summed E-state index contributed by atoms with van der Waals surface area (Å²) in [5.41, 5.74) is -0.0612. The van der Waals surface area contributed by atoms with E-state index in [1.54, 1.807) is 0 Å². The zero-order chi connectivity index (χ0) is 12.2. The number of hydrogen-bond donors (Lipinski definition) is 2. The molecule has 88 valence electrons. The highest BCUT2D eigenvalue weighted by Crippen LogP contribution is 2.20. The molecule has 0 heterocycles. The molecule has 0 aromatic heterocycles. The number of carbonyl (C=O) groups is 1. The maximum absolute atomic E-state index is 11.7. The molecule has 1 aliphatic rings. The molecule has 0 aliphatic heterocycles. The summed E-state index contributed by atoms with van der Waals surface area (Å²) in [6.07, 6.45) is 4.53. The van der Waals surface area contributed by atoms with Gasteiger partial charge in [-0.2, -0.15) is 0 Å². The lowest BCUT2D eigenvalue weighted by Gasteiger charge is -2.41. The third-order valence-corrected chi connectivity index (χ3v) is 2.18. The van der Waals surface area contributed by atoms with Crippen LogP contribution in [0.1, 0.15) is 0 Å². The Morgan fingerprint density at radius 3 is 2.88 bits per heavy atom. The van der Waals surface area contributed by atoms with Crippen molar-refractivity contribution in [3.8, 4) is 0 Å². The fourth-order valence-electron chi connectivity index (χ4n) is 1.47. The van der Waals surface area contributed by atoms with Crippen molar-refractivity contribution in [3.63, 3.8) is 0 Å². The van der Waals surface area contributed by atoms with Crippen LogP contribution in [0, 0.1) is 0 Å². The minimum Gasteiger partial charge on any atom is -0.821 e. The molecule has 1 rings (SSSR count). The highest BCUT2D eigenvalue weighted by atomic mass is 16.5. The van der Waals surface area contributed by atoms with E-state index >= 15 is 0 Å². The van der Waals surface area contributed by atoms with Crippen LogP contribution in [0.4, 0.5) is 0 Å². The second-order valence-electron chi connectivity index (χ2n) is 3.42. The van der Waals surface area contributed by atoms with Crippen molar-refractivity contribution in [3.05, 3.63) is 36.6 Å². The van der Waals surface area contributed by atoms with Crippen LogP contribution in [-0.4, -0.2) is 46.4 Å². The Hall–Kier alpha value is -1.43. The van der Waals surface area contributed by atoms with Gasteiger partial charge in [0.1, 0.15) is 0 Å². The van der Waals surface area contributed by atoms with Crippen molar-refractivity contribution in [2.24, 2.45) is 0 Å². The van der Waals surface area contributed by atoms with Gasteiger partial charge in [-0.15, -0.1) is 6.58 Å². The average Bonchev–Trinajstić information content (AvgIpc) is 2.22. The van der Waals surface area contributed by atoms with Gasteiger partial charge in [-0.25, -0.2) is 0 Å². The molecular formula is C11H14NO4-. The SMILES string of the molecule is C=CCN(CCO)C1=CC(=O)C=CC1([O-])O. The van der Waals surface area contributed by atoms with Gasteiger partial charge in [-0.3, -0.25) is 4.79 Å². The van der Waals surface area contributed by atoms with Gasteiger partial charge in [-0.05, 0) is 6.08 Å². The number of ketones is 1. The van der Waals surface area contributed by atoms with E-state index in [0.29, 0.717) is 0 Å². The molecule has 0 bridgehead atoms. The van der Waals surface area contributed by atoms with Crippen LogP contribution in [0.3, 0.4) is 0 Å². The molecule has 2 N–H and O–H groups in total. The van der Waals surface area contributed by atoms with Gasteiger partial charge >= 0.3 is 0 Å². The third-order valence-electron chi connectivity index (χ3n) is 2.18. The molecule has 0 aromatic rings. The zero-order valence-corrected chi connectivity index (χ0v) is 8.80. The fraction of sp³-hybridized carbons (Fsp3) is 0.364. The molecule has 1 unspecified atom stereocenters. The minimum atomic E-state index is -2.42. The maximum Gasteiger partial charge on any atom is 0.180 e. The van der Waals surface area contributed by atoms with E-state index in [2.05, 4.69) is 6.58 Å². The van der Waals surface area contributed by atoms with Crippen LogP contribution >= 0.6 is 0 Å². The molecule has 1 aliphatic carbocycles. The molecule has 5 nitrogen and oxygen atoms in total. The molecule has 0 saturated carbocycles. The first-order valence-electron chi connectivity index (χ1n) is 4.86. The van der Waals surface area contributed by atoms with E-state index in [9.17, 15) is 15.0 Å². The van der Waals surface area contributed by atoms with Gasteiger partial charge in [0.15, 0.2) is 5.78 Å². The molecule has 0 saturated heterocycles. The lowest BCUT2D eigenvalue weighted by molar-refractivity contribution is -0.515. The summed E-state index contributed by atoms with van der Waals surface area (Å²) in [4.78, 5) is 12.6. The van der Waals surface area contributed by atoms with Gasteiger partial charge in [0.05, 0.1) is 12.4 Å². The van der Waals surface area contributed by atoms with Gasteiger partial charge in [0, 0.05) is 24.9 Å². The van der Waals surface area contributed by atoms with Crippen LogP contribution in [0.25, 0.3) is 0 Å². The third kappa shape index (κ3) is 2.79. The number of carbonyl (C=O) groups excluding carboxylic acids is 1. The Balaban J connectivity index is 2.96. The van der Waals surface area contributed by atoms with Crippen molar-refractivity contribution < 1.29 is 20.1 Å². The van der Waals surface area contributed by atoms with E-state index in [4.69, 9.17) is 5.11 Å². The first-order valence-corrected chi connectivity index (χ1v) is 4.86. The van der Waals surface area contributed by atoms with Crippen LogP contribution in [0.15, 0.2) is 36.6 Å². The highest BCUT2D eigenvalue weighted by molar-refractivity contribution is 6.01. The predicted molar refractivity (Wildman–Crippen MR) is 56.0 cm³/mol. The Bertz CT molecular complexity index is 344. The Morgan fingerprint density at radius 2 is 2.31 bits per heavy atom. The number of aliphatic hydroxyl groups excluding tert-OH is 1. The summed E-state index contributed by atoms with van der Waals surface area (Å²) in [6.45, 7) is 3.76. The number of nitrogens with zero attached hydrogens (tertiary/aromatic N) is 1. The smallest absolute Gasteiger partial charge is 0.180 e. The maximum atomic E-state index is 11.7. The van der Waals surface area contributed by atoms with Crippen LogP contribution in [0.2, 0.25) is 0 Å². The Labute approximate surface area is 93.6 Å². The lowest BCUT2D eigenvalue weighted by atomic mass is 10.0. The van der Waals surface area contributed by atoms with Gasteiger partial charge in [0.25, 0.3) is 0 Å². The lowest BCUT2D eigenvalue weighted by Crippen LogP contribution is -2.51. The fourth-order valence-corrected chi connectivity index (χ4v) is 1.47. The van der Waals surface area contributed by atoms with Crippen molar-refractivity contribution in [1.29, 1.82) is 0 Å². The quantitative estimate of drug-likeness (QED) is 0.440. The number of aliphatic hydroxyl groups is 2. The standard InChI is InChI=1S/C11H14NO4/c1-2-5-12(6-7-13)10-8-9(14)3-4-11(10,15)16/h2-4,8,13,15H,1,5-7H2/q-1. The largest absolute Gasteiger partial charge is 0.821 e. The van der Waals surface area contributed by atoms with E-state index in [0.717, 1.165) is 18.2 Å². The number of allylic oxidation sites excluding steroid dienone is 2. The Kier molecular flexibility index (Phi) is 4.00. The zero-order valence-electron chi connectivity index (χ0n) is 8.80. The minimum absolute atomic E-state index is 0.0612. The van der Waals surface area contributed by atoms with Crippen molar-refractivity contribution in [2.45, 2.75) is 5.79 Å². The van der Waals surface area contributed by atoms with Crippen LogP contribution in [0.5, 0.6) is 0 Å². The first-order chi connectivity index (χ1) is 7.51. The first kappa shape index (κ1) is 12.6. The van der Waals surface area contributed by atoms with Crippen LogP contribution in [-0.2, 0) is 4.79 Å². The highest BCUT2D eigenvalue weighted by Gasteiger charge is 2.24. The van der Waals surface area contributed by atoms with Crippen molar-refractivity contribution >= 4 is 5.78 Å². The summed E-state index contributed by atoms with van der Waals surface area (Å²) < 4.78 is 0. The van der Waals surface area contributed by atoms with Crippen LogP contribution < -0.4 is 5.11 Å². The molecule has 0 aromatic carbocycles. The molecule has 5 heteroatoms. The van der Waals surface area contributed by atoms with E-state index in [1.807, 2.05) is 0 Å². The van der Waals surface area contributed by atoms with Crippen molar-refractivity contribution in [1.82, 2.24) is 4.90 Å². The topological polar surface area (TPSA) is 83.8 Å². The summed E-state index contributed by atoms with van der Waals surface area (Å²) in [7, 11) is 0. The average molecular weight is 224 g/mol. The predicted octanol–water partition coefficient (Wildman–Crippen LogP) is -1.46. The molecule has 0 spiro atoms. The van der Waals surface area contributed by atoms with E-state index < -0.39 is 5.79 Å². The van der Waals surface area contributed by atoms with E-state index in [1.165, 1.54) is 11.0 Å². The normalized spacial score (nSPS) is 24.2. The summed E-state index contributed by atoms with van der Waals surface area (Å²) in [5.74, 6) is -2.78. The summed E-state index contributed by atoms with van der Waals surface area (Å²) in [5, 5.41) is 30.1. The molecule has 1 atom stereocenters. The number of rotatable bonds is 5. The molecule has 0 radical (unpaired) electrons. The second-order valence-corrected chi connectivity index (χ2v) is 3.42.